The molecule has 0 bridgehead atoms. The minimum absolute atomic E-state index is 0.146. The molecule has 2 heterocycles. The monoisotopic (exact) mass is 768 g/mol. The van der Waals surface area contributed by atoms with E-state index in [2.05, 4.69) is 66.3 Å². The van der Waals surface area contributed by atoms with E-state index in [-0.39, 0.29) is 17.6 Å². The van der Waals surface area contributed by atoms with E-state index in [1.165, 1.54) is 0 Å². The summed E-state index contributed by atoms with van der Waals surface area (Å²) in [5.74, 6) is 1.87. The fourth-order valence-corrected chi connectivity index (χ4v) is 7.59. The number of imidazole rings is 1. The highest BCUT2D eigenvalue weighted by Crippen LogP contribution is 2.33. The largest absolute Gasteiger partial charge is 0.611 e. The van der Waals surface area contributed by atoms with Crippen molar-refractivity contribution in [3.05, 3.63) is 96.1 Å². The SMILES string of the molecule is CCCCOCCOc1ccc(-c2ccc3c(c2)/C=C(/C(=O)Nc2ccc([S+]([O-])Cc4nccn4CCCC(=O)OCC)cc2)CCCN3CC(C)C)cc1. The van der Waals surface area contributed by atoms with Crippen LogP contribution >= 0.6 is 0 Å². The molecule has 1 aromatic heterocycles. The molecule has 4 aromatic rings. The highest BCUT2D eigenvalue weighted by Gasteiger charge is 2.21. The zero-order chi connectivity index (χ0) is 39.0. The molecule has 1 aliphatic rings. The molecule has 0 radical (unpaired) electrons. The Bertz CT molecular complexity index is 1840. The van der Waals surface area contributed by atoms with Crippen molar-refractivity contribution in [3.8, 4) is 16.9 Å². The summed E-state index contributed by atoms with van der Waals surface area (Å²) in [5, 5.41) is 3.08. The molecule has 3 aromatic carbocycles. The summed E-state index contributed by atoms with van der Waals surface area (Å²) in [6.07, 6.45) is 10.2. The molecule has 0 fully saturated rings. The minimum Gasteiger partial charge on any atom is -0.611 e. The first-order chi connectivity index (χ1) is 26.7. The van der Waals surface area contributed by atoms with E-state index in [1.807, 2.05) is 29.0 Å². The van der Waals surface area contributed by atoms with Crippen LogP contribution in [-0.2, 0) is 42.5 Å². The van der Waals surface area contributed by atoms with Crippen molar-refractivity contribution in [2.45, 2.75) is 83.4 Å². The molecule has 1 atom stereocenters. The van der Waals surface area contributed by atoms with Crippen LogP contribution in [0.4, 0.5) is 11.4 Å². The van der Waals surface area contributed by atoms with E-state index in [1.54, 1.807) is 37.4 Å². The summed E-state index contributed by atoms with van der Waals surface area (Å²) >= 11 is -1.34. The van der Waals surface area contributed by atoms with Crippen molar-refractivity contribution in [2.24, 2.45) is 5.92 Å². The van der Waals surface area contributed by atoms with Gasteiger partial charge in [0.2, 0.25) is 0 Å². The second-order valence-electron chi connectivity index (χ2n) is 14.1. The molecule has 1 N–H and O–H groups in total. The van der Waals surface area contributed by atoms with Crippen molar-refractivity contribution >= 4 is 40.5 Å². The van der Waals surface area contributed by atoms with Gasteiger partial charge in [-0.3, -0.25) is 9.59 Å². The van der Waals surface area contributed by atoms with Crippen LogP contribution in [-0.4, -0.2) is 65.5 Å². The number of hydrogen-bond donors (Lipinski definition) is 1. The third-order valence-electron chi connectivity index (χ3n) is 9.30. The summed E-state index contributed by atoms with van der Waals surface area (Å²) in [4.78, 5) is 33.0. The maximum absolute atomic E-state index is 13.8. The van der Waals surface area contributed by atoms with E-state index in [9.17, 15) is 14.1 Å². The lowest BCUT2D eigenvalue weighted by molar-refractivity contribution is -0.143. The summed E-state index contributed by atoms with van der Waals surface area (Å²) in [6, 6.07) is 21.8. The summed E-state index contributed by atoms with van der Waals surface area (Å²) in [6.45, 7) is 13.0. The summed E-state index contributed by atoms with van der Waals surface area (Å²) in [7, 11) is 0. The molecule has 0 aliphatic carbocycles. The number of anilines is 2. The number of carbonyl (C=O) groups is 2. The van der Waals surface area contributed by atoms with Gasteiger partial charge < -0.3 is 33.5 Å². The first-order valence-corrected chi connectivity index (χ1v) is 20.9. The smallest absolute Gasteiger partial charge is 0.305 e. The van der Waals surface area contributed by atoms with Crippen molar-refractivity contribution in [3.63, 3.8) is 0 Å². The van der Waals surface area contributed by atoms with Gasteiger partial charge in [-0.05, 0) is 121 Å². The Hall–Kier alpha value is -4.58. The van der Waals surface area contributed by atoms with Gasteiger partial charge in [-0.25, -0.2) is 4.98 Å². The normalized spacial score (nSPS) is 14.4. The molecule has 10 nitrogen and oxygen atoms in total. The van der Waals surface area contributed by atoms with E-state index >= 15 is 0 Å². The van der Waals surface area contributed by atoms with Gasteiger partial charge in [-0.2, -0.15) is 0 Å². The zero-order valence-electron chi connectivity index (χ0n) is 32.8. The second-order valence-corrected chi connectivity index (χ2v) is 15.6. The Balaban J connectivity index is 1.25. The van der Waals surface area contributed by atoms with Gasteiger partial charge in [0.15, 0.2) is 16.5 Å². The average molecular weight is 769 g/mol. The number of esters is 1. The summed E-state index contributed by atoms with van der Waals surface area (Å²) < 4.78 is 31.7. The highest BCUT2D eigenvalue weighted by molar-refractivity contribution is 7.90. The Labute approximate surface area is 329 Å². The van der Waals surface area contributed by atoms with Gasteiger partial charge in [0.05, 0.1) is 13.2 Å². The third kappa shape index (κ3) is 12.7. The molecule has 5 rings (SSSR count). The standard InChI is InChI=1S/C44H56N4O6S/c1-5-7-26-52-27-28-54-39-17-12-34(13-18-39)35-14-21-41-37(29-35)30-36(10-8-24-48(41)31-33(3)4)44(50)46-38-15-19-40(20-16-38)55(51)32-42-45-22-25-47(42)23-9-11-43(49)53-6-2/h12-22,25,29-30,33H,5-11,23-24,26-28,31-32H2,1-4H3,(H,46,50)/b36-30+. The van der Waals surface area contributed by atoms with E-state index in [0.717, 1.165) is 72.7 Å². The van der Waals surface area contributed by atoms with E-state index in [0.29, 0.717) is 68.0 Å². The number of aryl methyl sites for hydroxylation is 1. The van der Waals surface area contributed by atoms with Crippen molar-refractivity contribution < 1.29 is 28.4 Å². The minimum atomic E-state index is -1.34. The molecular formula is C44H56N4O6S. The zero-order valence-corrected chi connectivity index (χ0v) is 33.6. The van der Waals surface area contributed by atoms with Crippen LogP contribution < -0.4 is 15.0 Å². The lowest BCUT2D eigenvalue weighted by atomic mass is 9.96. The lowest BCUT2D eigenvalue weighted by Crippen LogP contribution is -2.30. The van der Waals surface area contributed by atoms with Gasteiger partial charge in [0, 0.05) is 62.0 Å². The molecule has 55 heavy (non-hydrogen) atoms. The van der Waals surface area contributed by atoms with Crippen LogP contribution in [0, 0.1) is 5.92 Å². The van der Waals surface area contributed by atoms with E-state index in [4.69, 9.17) is 14.2 Å². The molecule has 1 aliphatic heterocycles. The van der Waals surface area contributed by atoms with Crippen LogP contribution in [0.25, 0.3) is 17.2 Å². The number of nitrogens with one attached hydrogen (secondary N) is 1. The van der Waals surface area contributed by atoms with E-state index < -0.39 is 11.2 Å². The molecule has 1 unspecified atom stereocenters. The van der Waals surface area contributed by atoms with Gasteiger partial charge in [0.1, 0.15) is 12.4 Å². The van der Waals surface area contributed by atoms with Crippen LogP contribution in [0.5, 0.6) is 5.75 Å². The van der Waals surface area contributed by atoms with Crippen LogP contribution in [0.2, 0.25) is 0 Å². The number of nitrogens with zero attached hydrogens (tertiary/aromatic N) is 3. The number of benzene rings is 3. The van der Waals surface area contributed by atoms with Gasteiger partial charge in [-0.1, -0.05) is 45.4 Å². The predicted molar refractivity (Wildman–Crippen MR) is 221 cm³/mol. The molecular weight excluding hydrogens is 713 g/mol. The van der Waals surface area contributed by atoms with Crippen LogP contribution in [0.15, 0.2) is 89.6 Å². The maximum atomic E-state index is 13.8. The number of amides is 1. The van der Waals surface area contributed by atoms with Gasteiger partial charge in [0.25, 0.3) is 5.91 Å². The number of ether oxygens (including phenoxy) is 3. The Morgan fingerprint density at radius 2 is 1.75 bits per heavy atom. The number of hydrogen-bond acceptors (Lipinski definition) is 8. The molecule has 0 saturated heterocycles. The lowest BCUT2D eigenvalue weighted by Gasteiger charge is -2.30. The third-order valence-corrected chi connectivity index (χ3v) is 10.6. The number of rotatable bonds is 20. The number of fused-ring (bicyclic) bond motifs is 1. The van der Waals surface area contributed by atoms with Crippen LogP contribution in [0.1, 0.15) is 77.6 Å². The first-order valence-electron chi connectivity index (χ1n) is 19.6. The van der Waals surface area contributed by atoms with Crippen molar-refractivity contribution in [2.75, 3.05) is 49.7 Å². The number of unbranched alkanes of at least 4 members (excludes halogenated alkanes) is 1. The number of carbonyl (C=O) groups excluding carboxylic acids is 2. The van der Waals surface area contributed by atoms with Crippen LogP contribution in [0.3, 0.4) is 0 Å². The maximum Gasteiger partial charge on any atom is 0.305 e. The predicted octanol–water partition coefficient (Wildman–Crippen LogP) is 8.68. The quantitative estimate of drug-likeness (QED) is 0.0540. The fourth-order valence-electron chi connectivity index (χ4n) is 6.51. The second kappa shape index (κ2) is 21.5. The van der Waals surface area contributed by atoms with Gasteiger partial charge >= 0.3 is 5.97 Å². The Kier molecular flexibility index (Phi) is 16.2. The van der Waals surface area contributed by atoms with Gasteiger partial charge in [-0.15, -0.1) is 0 Å². The summed E-state index contributed by atoms with van der Waals surface area (Å²) in [5.41, 5.74) is 5.63. The average Bonchev–Trinajstić information content (AvgIpc) is 3.61. The molecule has 0 saturated carbocycles. The molecule has 0 spiro atoms. The molecule has 294 valence electrons. The van der Waals surface area contributed by atoms with Crippen molar-refractivity contribution in [1.82, 2.24) is 9.55 Å². The number of aromatic nitrogens is 2. The Morgan fingerprint density at radius 3 is 2.49 bits per heavy atom. The molecule has 11 heteroatoms. The highest BCUT2D eigenvalue weighted by atomic mass is 32.2. The van der Waals surface area contributed by atoms with Crippen molar-refractivity contribution in [1.29, 1.82) is 0 Å². The Morgan fingerprint density at radius 1 is 0.964 bits per heavy atom. The first kappa shape index (κ1) is 41.6. The topological polar surface area (TPSA) is 118 Å². The molecule has 1 amide bonds. The fraction of sp³-hybridized carbons (Fsp3) is 0.432.